The average Bonchev–Trinajstić information content (AvgIpc) is 3.73. The molecule has 3 aromatic carbocycles. The van der Waals surface area contributed by atoms with Gasteiger partial charge in [-0.25, -0.2) is 13.2 Å². The fourth-order valence-corrected chi connectivity index (χ4v) is 7.16. The van der Waals surface area contributed by atoms with Crippen molar-refractivity contribution in [1.82, 2.24) is 9.62 Å². The minimum absolute atomic E-state index is 0. The van der Waals surface area contributed by atoms with Crippen molar-refractivity contribution in [2.75, 3.05) is 19.7 Å². The van der Waals surface area contributed by atoms with Gasteiger partial charge in [0.2, 0.25) is 10.0 Å². The van der Waals surface area contributed by atoms with Crippen LogP contribution in [0, 0.1) is 12.8 Å². The summed E-state index contributed by atoms with van der Waals surface area (Å²) in [6.07, 6.45) is 2.17. The van der Waals surface area contributed by atoms with E-state index >= 15 is 0 Å². The van der Waals surface area contributed by atoms with Gasteiger partial charge in [-0.2, -0.15) is 4.31 Å². The number of carboxylic acid groups (broad SMARTS) is 1. The van der Waals surface area contributed by atoms with E-state index in [0.29, 0.717) is 12.8 Å². The zero-order chi connectivity index (χ0) is 29.0. The number of hydrogen-bond acceptors (Lipinski definition) is 6. The van der Waals surface area contributed by atoms with E-state index in [9.17, 15) is 23.1 Å². The number of ether oxygens (including phenoxy) is 1. The molecule has 8 nitrogen and oxygen atoms in total. The number of benzene rings is 3. The van der Waals surface area contributed by atoms with E-state index in [2.05, 4.69) is 29.6 Å². The Bertz CT molecular complexity index is 1460. The first-order chi connectivity index (χ1) is 19.8. The summed E-state index contributed by atoms with van der Waals surface area (Å²) in [5.74, 6) is -1.29. The maximum atomic E-state index is 13.4. The van der Waals surface area contributed by atoms with Gasteiger partial charge in [0.05, 0.1) is 16.9 Å². The van der Waals surface area contributed by atoms with Crippen LogP contribution in [0.2, 0.25) is 0 Å². The van der Waals surface area contributed by atoms with E-state index in [-0.39, 0.29) is 72.4 Å². The third-order valence-corrected chi connectivity index (χ3v) is 9.79. The smallest absolute Gasteiger partial charge is 0.548 e. The molecule has 0 unspecified atom stereocenters. The predicted octanol–water partition coefficient (Wildman–Crippen LogP) is 1.23. The van der Waals surface area contributed by atoms with Gasteiger partial charge in [-0.05, 0) is 79.3 Å². The number of carboxylic acids is 1. The number of unbranched alkanes of at least 4 members (excludes halogenated alkanes) is 1. The number of aliphatic carboxylic acids is 1. The van der Waals surface area contributed by atoms with E-state index in [1.807, 2.05) is 31.2 Å². The molecule has 3 aromatic rings. The molecular weight excluding hydrogens is 563 g/mol. The molecule has 0 spiro atoms. The Labute approximate surface area is 269 Å². The molecule has 0 aromatic heterocycles. The molecule has 5 rings (SSSR count). The van der Waals surface area contributed by atoms with Crippen molar-refractivity contribution < 1.29 is 57.4 Å². The van der Waals surface area contributed by atoms with Crippen molar-refractivity contribution in [1.29, 1.82) is 0 Å². The summed E-state index contributed by atoms with van der Waals surface area (Å²) in [7, 11) is -4.01. The molecule has 0 heterocycles. The summed E-state index contributed by atoms with van der Waals surface area (Å²) in [5.41, 5.74) is 5.48. The molecule has 216 valence electrons. The summed E-state index contributed by atoms with van der Waals surface area (Å²) in [4.78, 5) is 24.7. The molecule has 1 amide bonds. The molecule has 10 heteroatoms. The first-order valence-electron chi connectivity index (χ1n) is 14.1. The van der Waals surface area contributed by atoms with Gasteiger partial charge in [-0.15, -0.1) is 0 Å². The van der Waals surface area contributed by atoms with Gasteiger partial charge in [-0.3, -0.25) is 0 Å². The molecule has 2 aliphatic rings. The van der Waals surface area contributed by atoms with Crippen LogP contribution in [0.4, 0.5) is 4.79 Å². The van der Waals surface area contributed by atoms with Crippen LogP contribution in [0.15, 0.2) is 77.7 Å². The van der Waals surface area contributed by atoms with E-state index < -0.39 is 28.1 Å². The Hall–Kier alpha value is -2.69. The van der Waals surface area contributed by atoms with Crippen molar-refractivity contribution >= 4 is 22.1 Å². The normalized spacial score (nSPS) is 14.9. The van der Waals surface area contributed by atoms with Crippen molar-refractivity contribution in [3.05, 3.63) is 89.5 Å². The maximum absolute atomic E-state index is 13.4. The third-order valence-electron chi connectivity index (χ3n) is 7.90. The van der Waals surface area contributed by atoms with Crippen molar-refractivity contribution in [3.8, 4) is 11.1 Å². The number of carbonyl (C=O) groups excluding carboxylic acids is 2. The maximum Gasteiger partial charge on any atom is 1.00 e. The van der Waals surface area contributed by atoms with Crippen molar-refractivity contribution in [2.24, 2.45) is 5.92 Å². The van der Waals surface area contributed by atoms with Gasteiger partial charge in [0.25, 0.3) is 0 Å². The number of nitrogens with zero attached hydrogens (tertiary/aromatic N) is 1. The van der Waals surface area contributed by atoms with Crippen LogP contribution in [0.3, 0.4) is 0 Å². The molecule has 0 bridgehead atoms. The van der Waals surface area contributed by atoms with Gasteiger partial charge < -0.3 is 20.0 Å². The Kier molecular flexibility index (Phi) is 10.9. The Morgan fingerprint density at radius 3 is 2.12 bits per heavy atom. The molecule has 1 atom stereocenters. The Balaban J connectivity index is 0.00000405. The molecule has 0 saturated heterocycles. The van der Waals surface area contributed by atoms with E-state index in [4.69, 9.17) is 4.74 Å². The van der Waals surface area contributed by atoms with Crippen molar-refractivity contribution in [2.45, 2.75) is 55.9 Å². The summed E-state index contributed by atoms with van der Waals surface area (Å²) >= 11 is 0. The number of sulfonamides is 1. The second kappa shape index (κ2) is 14.2. The third kappa shape index (κ3) is 7.44. The monoisotopic (exact) mass is 598 g/mol. The van der Waals surface area contributed by atoms with Gasteiger partial charge in [0.1, 0.15) is 6.61 Å². The van der Waals surface area contributed by atoms with Crippen LogP contribution in [0.25, 0.3) is 11.1 Å². The molecule has 1 fully saturated rings. The van der Waals surface area contributed by atoms with E-state index in [0.717, 1.165) is 45.0 Å². The van der Waals surface area contributed by atoms with Crippen molar-refractivity contribution in [3.63, 3.8) is 0 Å². The van der Waals surface area contributed by atoms with Crippen LogP contribution in [-0.4, -0.2) is 50.5 Å². The molecule has 2 aliphatic carbocycles. The van der Waals surface area contributed by atoms with Crippen LogP contribution < -0.4 is 40.0 Å². The standard InChI is InChI=1S/C32H36N2O6S.Na/c1-22-13-17-24(18-14-22)41(38,39)34(20-23-15-16-23)30(31(35)36)12-6-7-19-33-32(37)40-21-29-27-10-4-2-8-25(27)26-9-3-5-11-28(26)29;/h2-5,8-11,13-14,17-18,23,29-30H,6-7,12,15-16,19-21H2,1H3,(H,33,37)(H,35,36);/q;+1/p-1/t30-;/m0./s1. The largest absolute Gasteiger partial charge is 1.00 e. The summed E-state index contributed by atoms with van der Waals surface area (Å²) in [6.45, 7) is 2.51. The zero-order valence-electron chi connectivity index (χ0n) is 24.1. The number of rotatable bonds is 13. The number of fused-ring (bicyclic) bond motifs is 3. The van der Waals surface area contributed by atoms with Gasteiger partial charge in [0.15, 0.2) is 0 Å². The molecule has 1 N–H and O–H groups in total. The second-order valence-corrected chi connectivity index (χ2v) is 12.8. The number of alkyl carbamates (subject to hydrolysis) is 1. The fraction of sp³-hybridized carbons (Fsp3) is 0.375. The number of hydrogen-bond donors (Lipinski definition) is 1. The van der Waals surface area contributed by atoms with Crippen LogP contribution in [0.1, 0.15) is 54.7 Å². The zero-order valence-corrected chi connectivity index (χ0v) is 26.9. The summed E-state index contributed by atoms with van der Waals surface area (Å²) in [6, 6.07) is 21.4. The predicted molar refractivity (Wildman–Crippen MR) is 154 cm³/mol. The van der Waals surface area contributed by atoms with Crippen LogP contribution in [0.5, 0.6) is 0 Å². The number of nitrogens with one attached hydrogen (secondary N) is 1. The minimum Gasteiger partial charge on any atom is -0.548 e. The van der Waals surface area contributed by atoms with Gasteiger partial charge >= 0.3 is 35.7 Å². The van der Waals surface area contributed by atoms with E-state index in [1.54, 1.807) is 12.1 Å². The quantitative estimate of drug-likeness (QED) is 0.234. The molecule has 42 heavy (non-hydrogen) atoms. The van der Waals surface area contributed by atoms with Gasteiger partial charge in [0, 0.05) is 19.0 Å². The second-order valence-electron chi connectivity index (χ2n) is 10.9. The first kappa shape index (κ1) is 32.2. The molecule has 0 radical (unpaired) electrons. The Morgan fingerprint density at radius 1 is 0.952 bits per heavy atom. The SMILES string of the molecule is Cc1ccc(S(=O)(=O)N(CC2CC2)[C@@H](CCCCNC(=O)OCC2c3ccccc3-c3ccccc32)C(=O)[O-])cc1.[Na+]. The molecular formula is C32H35N2NaO6S. The van der Waals surface area contributed by atoms with Crippen LogP contribution >= 0.6 is 0 Å². The number of carbonyl (C=O) groups is 2. The topological polar surface area (TPSA) is 116 Å². The fourth-order valence-electron chi connectivity index (χ4n) is 5.48. The minimum atomic E-state index is -4.01. The summed E-state index contributed by atoms with van der Waals surface area (Å²) < 4.78 is 33.5. The Morgan fingerprint density at radius 2 is 1.55 bits per heavy atom. The molecule has 0 aliphatic heterocycles. The van der Waals surface area contributed by atoms with E-state index in [1.165, 1.54) is 12.1 Å². The summed E-state index contributed by atoms with van der Waals surface area (Å²) in [5, 5.41) is 14.9. The molecule has 1 saturated carbocycles. The number of amides is 1. The average molecular weight is 599 g/mol. The van der Waals surface area contributed by atoms with Crippen LogP contribution in [-0.2, 0) is 19.6 Å². The van der Waals surface area contributed by atoms with Gasteiger partial charge in [-0.1, -0.05) is 66.2 Å². The number of aryl methyl sites for hydroxylation is 1. The first-order valence-corrected chi connectivity index (χ1v) is 15.6.